The molecule has 0 saturated carbocycles. The van der Waals surface area contributed by atoms with Gasteiger partial charge in [0, 0.05) is 12.6 Å². The van der Waals surface area contributed by atoms with E-state index in [1.165, 1.54) is 6.92 Å². The van der Waals surface area contributed by atoms with Crippen molar-refractivity contribution >= 4 is 33.9 Å². The van der Waals surface area contributed by atoms with E-state index >= 15 is 0 Å². The van der Waals surface area contributed by atoms with Crippen LogP contribution < -0.4 is 5.32 Å². The zero-order valence-corrected chi connectivity index (χ0v) is 12.0. The largest absolute Gasteiger partial charge is 0.476 e. The summed E-state index contributed by atoms with van der Waals surface area (Å²) in [6.07, 6.45) is 0.847. The van der Waals surface area contributed by atoms with E-state index in [9.17, 15) is 9.59 Å². The van der Waals surface area contributed by atoms with Crippen LogP contribution in [-0.2, 0) is 6.42 Å². The monoisotopic (exact) mass is 290 g/mol. The van der Waals surface area contributed by atoms with Gasteiger partial charge in [-0.25, -0.2) is 9.78 Å². The minimum atomic E-state index is -1.19. The second kappa shape index (κ2) is 5.83. The Morgan fingerprint density at radius 2 is 2.05 bits per heavy atom. The molecule has 6 heteroatoms. The second-order valence-corrected chi connectivity index (χ2v) is 5.19. The van der Waals surface area contributed by atoms with Crippen LogP contribution in [0.15, 0.2) is 24.3 Å². The Bertz CT molecular complexity index is 633. The zero-order chi connectivity index (χ0) is 14.7. The highest BCUT2D eigenvalue weighted by Gasteiger charge is 2.20. The van der Waals surface area contributed by atoms with Crippen molar-refractivity contribution in [2.75, 3.05) is 5.32 Å². The summed E-state index contributed by atoms with van der Waals surface area (Å²) in [5.74, 6) is -1.49. The van der Waals surface area contributed by atoms with Crippen LogP contribution >= 0.6 is 11.3 Å². The first kappa shape index (κ1) is 14.2. The number of thiazole rings is 1. The molecule has 2 rings (SSSR count). The highest BCUT2D eigenvalue weighted by molar-refractivity contribution is 7.17. The summed E-state index contributed by atoms with van der Waals surface area (Å²) in [7, 11) is 0. The number of aromatic nitrogens is 1. The van der Waals surface area contributed by atoms with E-state index in [4.69, 9.17) is 5.11 Å². The molecule has 2 N–H and O–H groups in total. The number of para-hydroxylation sites is 1. The molecule has 0 amide bonds. The van der Waals surface area contributed by atoms with Gasteiger partial charge in [0.1, 0.15) is 4.88 Å². The topological polar surface area (TPSA) is 79.3 Å². The highest BCUT2D eigenvalue weighted by atomic mass is 32.1. The molecule has 0 aliphatic heterocycles. The molecule has 0 aliphatic carbocycles. The van der Waals surface area contributed by atoms with Crippen molar-refractivity contribution in [3.8, 4) is 0 Å². The number of carboxylic acids is 1. The summed E-state index contributed by atoms with van der Waals surface area (Å²) >= 11 is 1.06. The molecule has 0 spiro atoms. The van der Waals surface area contributed by atoms with Gasteiger partial charge in [-0.2, -0.15) is 0 Å². The van der Waals surface area contributed by atoms with Crippen LogP contribution in [0.25, 0.3) is 0 Å². The van der Waals surface area contributed by atoms with Crippen LogP contribution in [0.3, 0.4) is 0 Å². The summed E-state index contributed by atoms with van der Waals surface area (Å²) in [6, 6.07) is 7.71. The van der Waals surface area contributed by atoms with Gasteiger partial charge in [0.2, 0.25) is 0 Å². The van der Waals surface area contributed by atoms with E-state index in [0.29, 0.717) is 5.13 Å². The molecule has 0 atom stereocenters. The Morgan fingerprint density at radius 3 is 2.60 bits per heavy atom. The van der Waals surface area contributed by atoms with Gasteiger partial charge >= 0.3 is 5.97 Å². The number of aromatic carboxylic acids is 1. The van der Waals surface area contributed by atoms with Gasteiger partial charge in [-0.15, -0.1) is 0 Å². The Balaban J connectivity index is 2.37. The maximum atomic E-state index is 11.4. The molecule has 1 aromatic carbocycles. The predicted molar refractivity (Wildman–Crippen MR) is 78.2 cm³/mol. The first-order chi connectivity index (χ1) is 9.52. The summed E-state index contributed by atoms with van der Waals surface area (Å²) in [4.78, 5) is 26.7. The number of ketones is 1. The molecule has 20 heavy (non-hydrogen) atoms. The van der Waals surface area contributed by atoms with Crippen LogP contribution in [-0.4, -0.2) is 21.8 Å². The number of hydrogen-bond acceptors (Lipinski definition) is 5. The number of nitrogens with zero attached hydrogens (tertiary/aromatic N) is 1. The van der Waals surface area contributed by atoms with Crippen molar-refractivity contribution in [1.29, 1.82) is 0 Å². The maximum Gasteiger partial charge on any atom is 0.356 e. The third-order valence-electron chi connectivity index (χ3n) is 2.79. The minimum absolute atomic E-state index is 0.161. The lowest BCUT2D eigenvalue weighted by Crippen LogP contribution is -2.03. The maximum absolute atomic E-state index is 11.4. The Morgan fingerprint density at radius 1 is 1.35 bits per heavy atom. The second-order valence-electron chi connectivity index (χ2n) is 4.19. The molecule has 0 aliphatic rings. The van der Waals surface area contributed by atoms with E-state index in [1.807, 2.05) is 31.2 Å². The fourth-order valence-electron chi connectivity index (χ4n) is 1.82. The number of Topliss-reactive ketones (excluding diaryl/α,β-unsaturated/α-hetero) is 1. The van der Waals surface area contributed by atoms with Crippen LogP contribution in [0.4, 0.5) is 10.8 Å². The van der Waals surface area contributed by atoms with Gasteiger partial charge in [0.15, 0.2) is 16.6 Å². The molecule has 0 radical (unpaired) electrons. The van der Waals surface area contributed by atoms with Crippen LogP contribution in [0.5, 0.6) is 0 Å². The van der Waals surface area contributed by atoms with Crippen molar-refractivity contribution in [1.82, 2.24) is 4.98 Å². The van der Waals surface area contributed by atoms with E-state index < -0.39 is 5.97 Å². The summed E-state index contributed by atoms with van der Waals surface area (Å²) in [6.45, 7) is 3.37. The molecule has 0 unspecified atom stereocenters. The molecular weight excluding hydrogens is 276 g/mol. The van der Waals surface area contributed by atoms with Crippen LogP contribution in [0, 0.1) is 0 Å². The number of carbonyl (C=O) groups is 2. The van der Waals surface area contributed by atoms with Crippen molar-refractivity contribution in [2.24, 2.45) is 0 Å². The minimum Gasteiger partial charge on any atom is -0.476 e. The number of nitrogens with one attached hydrogen (secondary N) is 1. The average molecular weight is 290 g/mol. The lowest BCUT2D eigenvalue weighted by molar-refractivity contribution is 0.0687. The lowest BCUT2D eigenvalue weighted by Gasteiger charge is -2.07. The van der Waals surface area contributed by atoms with Crippen molar-refractivity contribution in [3.63, 3.8) is 0 Å². The van der Waals surface area contributed by atoms with Gasteiger partial charge in [-0.05, 0) is 18.1 Å². The first-order valence-electron chi connectivity index (χ1n) is 6.13. The third kappa shape index (κ3) is 2.85. The average Bonchev–Trinajstić information content (AvgIpc) is 2.84. The zero-order valence-electron chi connectivity index (χ0n) is 11.1. The van der Waals surface area contributed by atoms with E-state index in [2.05, 4.69) is 10.3 Å². The van der Waals surface area contributed by atoms with Gasteiger partial charge in [-0.3, -0.25) is 4.79 Å². The molecule has 1 aromatic heterocycles. The quantitative estimate of drug-likeness (QED) is 0.825. The summed E-state index contributed by atoms with van der Waals surface area (Å²) in [5, 5.41) is 12.6. The number of hydrogen-bond donors (Lipinski definition) is 2. The number of aryl methyl sites for hydroxylation is 1. The predicted octanol–water partition coefficient (Wildman–Crippen LogP) is 3.35. The molecular formula is C14H14N2O3S. The number of benzene rings is 1. The third-order valence-corrected chi connectivity index (χ3v) is 3.86. The molecule has 104 valence electrons. The first-order valence-corrected chi connectivity index (χ1v) is 6.94. The van der Waals surface area contributed by atoms with Gasteiger partial charge in [-0.1, -0.05) is 36.5 Å². The molecule has 0 fully saturated rings. The molecule has 0 bridgehead atoms. The standard InChI is InChI=1S/C14H14N2O3S/c1-3-9-6-4-5-7-10(9)15-14-16-11(13(18)19)12(20-14)8(2)17/h4-7H,3H2,1-2H3,(H,15,16)(H,18,19). The van der Waals surface area contributed by atoms with Gasteiger partial charge < -0.3 is 10.4 Å². The molecule has 1 heterocycles. The Kier molecular flexibility index (Phi) is 4.14. The Hall–Kier alpha value is -2.21. The van der Waals surface area contributed by atoms with Gasteiger partial charge in [0.25, 0.3) is 0 Å². The lowest BCUT2D eigenvalue weighted by atomic mass is 10.1. The summed E-state index contributed by atoms with van der Waals surface area (Å²) < 4.78 is 0. The molecule has 5 nitrogen and oxygen atoms in total. The SMILES string of the molecule is CCc1ccccc1Nc1nc(C(=O)O)c(C(C)=O)s1. The van der Waals surface area contributed by atoms with Crippen molar-refractivity contribution < 1.29 is 14.7 Å². The number of carboxylic acid groups (broad SMARTS) is 1. The van der Waals surface area contributed by atoms with E-state index in [1.54, 1.807) is 0 Å². The van der Waals surface area contributed by atoms with Crippen LogP contribution in [0.1, 0.15) is 39.6 Å². The molecule has 2 aromatic rings. The fourth-order valence-corrected chi connectivity index (χ4v) is 2.69. The van der Waals surface area contributed by atoms with Crippen molar-refractivity contribution in [3.05, 3.63) is 40.4 Å². The number of anilines is 2. The van der Waals surface area contributed by atoms with E-state index in [-0.39, 0.29) is 16.4 Å². The van der Waals surface area contributed by atoms with Crippen molar-refractivity contribution in [2.45, 2.75) is 20.3 Å². The number of rotatable bonds is 5. The summed E-state index contributed by atoms with van der Waals surface area (Å²) in [5.41, 5.74) is 1.78. The normalized spacial score (nSPS) is 10.3. The highest BCUT2D eigenvalue weighted by Crippen LogP contribution is 2.28. The van der Waals surface area contributed by atoms with Gasteiger partial charge in [0.05, 0.1) is 0 Å². The smallest absolute Gasteiger partial charge is 0.356 e. The Labute approximate surface area is 120 Å². The van der Waals surface area contributed by atoms with E-state index in [0.717, 1.165) is 29.0 Å². The number of carbonyl (C=O) groups excluding carboxylic acids is 1. The fraction of sp³-hybridized carbons (Fsp3) is 0.214. The molecule has 0 saturated heterocycles. The van der Waals surface area contributed by atoms with Crippen LogP contribution in [0.2, 0.25) is 0 Å².